The fourth-order valence-corrected chi connectivity index (χ4v) is 5.44. The molecular formula is C27H29Cl2N3O4S. The van der Waals surface area contributed by atoms with Crippen LogP contribution in [0.1, 0.15) is 23.6 Å². The highest BCUT2D eigenvalue weighted by Gasteiger charge is 2.32. The van der Waals surface area contributed by atoms with Gasteiger partial charge >= 0.3 is 0 Å². The molecular weight excluding hydrogens is 533 g/mol. The zero-order chi connectivity index (χ0) is 27.3. The SMILES string of the molecule is CNC(=O)C(C)N(Cc1ccc(Cl)c(Cl)c1)C(=O)CN(c1ccc(C)cc1)S(=O)(=O)c1ccc(C)cc1. The number of benzene rings is 3. The van der Waals surface area contributed by atoms with E-state index in [0.717, 1.165) is 15.4 Å². The van der Waals surface area contributed by atoms with Gasteiger partial charge in [-0.15, -0.1) is 0 Å². The van der Waals surface area contributed by atoms with Gasteiger partial charge in [-0.2, -0.15) is 0 Å². The molecule has 0 aliphatic heterocycles. The first-order valence-electron chi connectivity index (χ1n) is 11.5. The summed E-state index contributed by atoms with van der Waals surface area (Å²) < 4.78 is 28.5. The minimum absolute atomic E-state index is 0.0244. The maximum absolute atomic E-state index is 13.7. The van der Waals surface area contributed by atoms with Crippen molar-refractivity contribution >= 4 is 50.7 Å². The highest BCUT2D eigenvalue weighted by atomic mass is 35.5. The molecule has 196 valence electrons. The smallest absolute Gasteiger partial charge is 0.264 e. The van der Waals surface area contributed by atoms with Crippen LogP contribution in [0, 0.1) is 13.8 Å². The number of amides is 2. The number of halogens is 2. The number of likely N-dealkylation sites (N-methyl/N-ethyl adjacent to an activating group) is 1. The molecule has 3 aromatic rings. The van der Waals surface area contributed by atoms with E-state index in [-0.39, 0.29) is 11.4 Å². The number of hydrogen-bond donors (Lipinski definition) is 1. The number of anilines is 1. The summed E-state index contributed by atoms with van der Waals surface area (Å²) in [7, 11) is -2.63. The fraction of sp³-hybridized carbons (Fsp3) is 0.259. The Labute approximate surface area is 228 Å². The Kier molecular flexibility index (Phi) is 9.23. The Balaban J connectivity index is 2.03. The van der Waals surface area contributed by atoms with Gasteiger partial charge in [0.05, 0.1) is 20.6 Å². The number of aryl methyl sites for hydroxylation is 2. The number of nitrogens with zero attached hydrogens (tertiary/aromatic N) is 2. The van der Waals surface area contributed by atoms with Crippen LogP contribution in [0.25, 0.3) is 0 Å². The lowest BCUT2D eigenvalue weighted by atomic mass is 10.1. The molecule has 3 rings (SSSR count). The summed E-state index contributed by atoms with van der Waals surface area (Å²) in [5.74, 6) is -0.949. The second-order valence-electron chi connectivity index (χ2n) is 8.72. The molecule has 0 heterocycles. The monoisotopic (exact) mass is 561 g/mol. The zero-order valence-corrected chi connectivity index (χ0v) is 23.4. The molecule has 0 bridgehead atoms. The Morgan fingerprint density at radius 2 is 1.46 bits per heavy atom. The molecule has 37 heavy (non-hydrogen) atoms. The van der Waals surface area contributed by atoms with E-state index < -0.39 is 34.4 Å². The lowest BCUT2D eigenvalue weighted by Crippen LogP contribution is -2.50. The van der Waals surface area contributed by atoms with Crippen LogP contribution >= 0.6 is 23.2 Å². The van der Waals surface area contributed by atoms with Crippen molar-refractivity contribution in [2.75, 3.05) is 17.9 Å². The van der Waals surface area contributed by atoms with Gasteiger partial charge in [0.15, 0.2) is 0 Å². The van der Waals surface area contributed by atoms with Crippen molar-refractivity contribution in [3.05, 3.63) is 93.5 Å². The summed E-state index contributed by atoms with van der Waals surface area (Å²) in [4.78, 5) is 27.6. The predicted molar refractivity (Wildman–Crippen MR) is 147 cm³/mol. The molecule has 0 fully saturated rings. The van der Waals surface area contributed by atoms with Crippen molar-refractivity contribution in [1.29, 1.82) is 0 Å². The van der Waals surface area contributed by atoms with E-state index in [1.807, 2.05) is 13.8 Å². The number of hydrogen-bond acceptors (Lipinski definition) is 4. The molecule has 7 nitrogen and oxygen atoms in total. The quantitative estimate of drug-likeness (QED) is 0.399. The predicted octanol–water partition coefficient (Wildman–Crippen LogP) is 4.97. The third-order valence-electron chi connectivity index (χ3n) is 5.96. The standard InChI is InChI=1S/C27H29Cl2N3O4S/c1-18-5-10-22(11-6-18)32(37(35,36)23-12-7-19(2)8-13-23)17-26(33)31(20(3)27(34)30-4)16-21-9-14-24(28)25(29)15-21/h5-15,20H,16-17H2,1-4H3,(H,30,34). The fourth-order valence-electron chi connectivity index (χ4n) is 3.70. The minimum Gasteiger partial charge on any atom is -0.357 e. The number of nitrogens with one attached hydrogen (secondary N) is 1. The van der Waals surface area contributed by atoms with Crippen molar-refractivity contribution in [3.63, 3.8) is 0 Å². The van der Waals surface area contributed by atoms with Crippen molar-refractivity contribution in [2.24, 2.45) is 0 Å². The van der Waals surface area contributed by atoms with Gasteiger partial charge in [-0.3, -0.25) is 13.9 Å². The molecule has 0 saturated carbocycles. The number of sulfonamides is 1. The average molecular weight is 563 g/mol. The molecule has 1 N–H and O–H groups in total. The summed E-state index contributed by atoms with van der Waals surface area (Å²) in [6, 6.07) is 17.3. The van der Waals surface area contributed by atoms with Gasteiger partial charge in [-0.25, -0.2) is 8.42 Å². The van der Waals surface area contributed by atoms with Gasteiger partial charge in [0, 0.05) is 13.6 Å². The van der Waals surface area contributed by atoms with Crippen LogP contribution in [-0.4, -0.2) is 44.8 Å². The zero-order valence-electron chi connectivity index (χ0n) is 21.0. The molecule has 2 amide bonds. The highest BCUT2D eigenvalue weighted by Crippen LogP contribution is 2.26. The van der Waals surface area contributed by atoms with E-state index in [0.29, 0.717) is 21.3 Å². The number of carbonyl (C=O) groups is 2. The van der Waals surface area contributed by atoms with Crippen molar-refractivity contribution in [1.82, 2.24) is 10.2 Å². The van der Waals surface area contributed by atoms with Crippen LogP contribution in [0.4, 0.5) is 5.69 Å². The molecule has 0 spiro atoms. The van der Waals surface area contributed by atoms with Gasteiger partial charge in [-0.05, 0) is 62.7 Å². The summed E-state index contributed by atoms with van der Waals surface area (Å²) >= 11 is 12.2. The number of rotatable bonds is 9. The Morgan fingerprint density at radius 1 is 0.892 bits per heavy atom. The van der Waals surface area contributed by atoms with Crippen LogP contribution in [0.2, 0.25) is 10.0 Å². The Morgan fingerprint density at radius 3 is 2.00 bits per heavy atom. The maximum Gasteiger partial charge on any atom is 0.264 e. The van der Waals surface area contributed by atoms with Crippen LogP contribution < -0.4 is 9.62 Å². The molecule has 1 unspecified atom stereocenters. The van der Waals surface area contributed by atoms with Gasteiger partial charge in [0.25, 0.3) is 10.0 Å². The largest absolute Gasteiger partial charge is 0.357 e. The van der Waals surface area contributed by atoms with Crippen molar-refractivity contribution in [3.8, 4) is 0 Å². The number of carbonyl (C=O) groups excluding carboxylic acids is 2. The maximum atomic E-state index is 13.7. The van der Waals surface area contributed by atoms with Crippen LogP contribution in [0.3, 0.4) is 0 Å². The Hall–Kier alpha value is -3.07. The topological polar surface area (TPSA) is 86.8 Å². The van der Waals surface area contributed by atoms with Gasteiger partial charge < -0.3 is 10.2 Å². The van der Waals surface area contributed by atoms with Crippen molar-refractivity contribution in [2.45, 2.75) is 38.3 Å². The normalized spacial score (nSPS) is 12.1. The molecule has 0 radical (unpaired) electrons. The summed E-state index contributed by atoms with van der Waals surface area (Å²) in [5.41, 5.74) is 2.82. The van der Waals surface area contributed by atoms with Crippen LogP contribution in [-0.2, 0) is 26.2 Å². The molecule has 1 atom stereocenters. The summed E-state index contributed by atoms with van der Waals surface area (Å²) in [5, 5.41) is 3.21. The summed E-state index contributed by atoms with van der Waals surface area (Å²) in [6.07, 6.45) is 0. The molecule has 0 aliphatic rings. The van der Waals surface area contributed by atoms with Gasteiger partial charge in [0.1, 0.15) is 12.6 Å². The van der Waals surface area contributed by atoms with E-state index >= 15 is 0 Å². The molecule has 0 saturated heterocycles. The van der Waals surface area contributed by atoms with E-state index in [4.69, 9.17) is 23.2 Å². The van der Waals surface area contributed by atoms with Gasteiger partial charge in [0.2, 0.25) is 11.8 Å². The second kappa shape index (κ2) is 12.0. The lowest BCUT2D eigenvalue weighted by molar-refractivity contribution is -0.139. The molecule has 0 aliphatic carbocycles. The Bertz CT molecular complexity index is 1380. The first-order chi connectivity index (χ1) is 17.4. The average Bonchev–Trinajstić information content (AvgIpc) is 2.87. The van der Waals surface area contributed by atoms with E-state index in [1.54, 1.807) is 61.5 Å². The van der Waals surface area contributed by atoms with E-state index in [2.05, 4.69) is 5.32 Å². The first-order valence-corrected chi connectivity index (χ1v) is 13.7. The highest BCUT2D eigenvalue weighted by molar-refractivity contribution is 7.92. The van der Waals surface area contributed by atoms with E-state index in [1.165, 1.54) is 24.1 Å². The first kappa shape index (κ1) is 28.5. The van der Waals surface area contributed by atoms with Crippen LogP contribution in [0.15, 0.2) is 71.6 Å². The molecule has 0 aromatic heterocycles. The second-order valence-corrected chi connectivity index (χ2v) is 11.4. The molecule has 10 heteroatoms. The summed E-state index contributed by atoms with van der Waals surface area (Å²) in [6.45, 7) is 4.84. The van der Waals surface area contributed by atoms with E-state index in [9.17, 15) is 18.0 Å². The van der Waals surface area contributed by atoms with Gasteiger partial charge in [-0.1, -0.05) is 64.7 Å². The lowest BCUT2D eigenvalue weighted by Gasteiger charge is -2.32. The third-order valence-corrected chi connectivity index (χ3v) is 8.49. The van der Waals surface area contributed by atoms with Crippen LogP contribution in [0.5, 0.6) is 0 Å². The van der Waals surface area contributed by atoms with Crippen molar-refractivity contribution < 1.29 is 18.0 Å². The molecule has 3 aromatic carbocycles. The third kappa shape index (κ3) is 6.83. The minimum atomic E-state index is -4.10.